The van der Waals surface area contributed by atoms with Crippen LogP contribution in [0.5, 0.6) is 0 Å². The van der Waals surface area contributed by atoms with E-state index in [1.165, 1.54) is 6.42 Å². The maximum Gasteiger partial charge on any atom is 0.256 e. The molecule has 0 unspecified atom stereocenters. The Balaban J connectivity index is 1.72. The molecule has 0 aliphatic carbocycles. The van der Waals surface area contributed by atoms with Gasteiger partial charge in [-0.3, -0.25) is 4.79 Å². The summed E-state index contributed by atoms with van der Waals surface area (Å²) >= 11 is 6.90. The van der Waals surface area contributed by atoms with E-state index in [-0.39, 0.29) is 5.91 Å². The lowest BCUT2D eigenvalue weighted by atomic mass is 10.2. The number of benzene rings is 2. The van der Waals surface area contributed by atoms with Crippen molar-refractivity contribution in [2.75, 3.05) is 11.1 Å². The minimum Gasteiger partial charge on any atom is -0.322 e. The summed E-state index contributed by atoms with van der Waals surface area (Å²) in [6.45, 7) is 4.47. The van der Waals surface area contributed by atoms with Crippen LogP contribution in [0.4, 0.5) is 5.69 Å². The zero-order chi connectivity index (χ0) is 17.8. The van der Waals surface area contributed by atoms with Gasteiger partial charge in [0.05, 0.1) is 15.8 Å². The number of hydrogen-bond acceptors (Lipinski definition) is 4. The zero-order valence-corrected chi connectivity index (χ0v) is 17.3. The molecule has 1 heterocycles. The van der Waals surface area contributed by atoms with Crippen molar-refractivity contribution in [1.82, 2.24) is 4.98 Å². The highest BCUT2D eigenvalue weighted by Gasteiger charge is 2.11. The van der Waals surface area contributed by atoms with Crippen LogP contribution < -0.4 is 5.32 Å². The molecule has 1 N–H and O–H groups in total. The van der Waals surface area contributed by atoms with Crippen molar-refractivity contribution in [2.24, 2.45) is 5.92 Å². The van der Waals surface area contributed by atoms with Gasteiger partial charge in [-0.1, -0.05) is 37.7 Å². The van der Waals surface area contributed by atoms with Crippen molar-refractivity contribution in [3.63, 3.8) is 0 Å². The number of thioether (sulfide) groups is 1. The normalized spacial score (nSPS) is 11.2. The van der Waals surface area contributed by atoms with Crippen LogP contribution in [0.2, 0.25) is 0 Å². The van der Waals surface area contributed by atoms with E-state index in [0.717, 1.165) is 30.5 Å². The van der Waals surface area contributed by atoms with Gasteiger partial charge in [-0.2, -0.15) is 0 Å². The molecule has 3 nitrogen and oxygen atoms in total. The number of rotatable bonds is 6. The van der Waals surface area contributed by atoms with E-state index in [2.05, 4.69) is 40.1 Å². The Bertz CT molecular complexity index is 892. The summed E-state index contributed by atoms with van der Waals surface area (Å²) < 4.78 is 2.97. The third kappa shape index (κ3) is 4.84. The van der Waals surface area contributed by atoms with Crippen molar-refractivity contribution in [2.45, 2.75) is 24.6 Å². The van der Waals surface area contributed by atoms with E-state index in [1.54, 1.807) is 29.2 Å². The first-order chi connectivity index (χ1) is 12.0. The third-order valence-electron chi connectivity index (χ3n) is 3.67. The highest BCUT2D eigenvalue weighted by Crippen LogP contribution is 2.32. The number of anilines is 1. The second-order valence-electron chi connectivity index (χ2n) is 6.13. The van der Waals surface area contributed by atoms with Gasteiger partial charge in [0.2, 0.25) is 0 Å². The average molecular weight is 435 g/mol. The molecule has 0 fully saturated rings. The quantitative estimate of drug-likeness (QED) is 0.453. The summed E-state index contributed by atoms with van der Waals surface area (Å²) in [7, 11) is 0. The van der Waals surface area contributed by atoms with Gasteiger partial charge in [0.25, 0.3) is 5.91 Å². The predicted molar refractivity (Wildman–Crippen MR) is 112 cm³/mol. The Morgan fingerprint density at radius 1 is 1.28 bits per heavy atom. The number of amides is 1. The minimum atomic E-state index is -0.122. The van der Waals surface area contributed by atoms with Gasteiger partial charge in [0, 0.05) is 15.9 Å². The van der Waals surface area contributed by atoms with E-state index >= 15 is 0 Å². The number of aromatic nitrogens is 1. The van der Waals surface area contributed by atoms with Crippen LogP contribution in [-0.2, 0) is 0 Å². The lowest BCUT2D eigenvalue weighted by Crippen LogP contribution is -2.12. The number of carbonyl (C=O) groups is 1. The van der Waals surface area contributed by atoms with Gasteiger partial charge in [-0.15, -0.1) is 11.3 Å². The second kappa shape index (κ2) is 8.34. The predicted octanol–water partition coefficient (Wildman–Crippen LogP) is 6.45. The highest BCUT2D eigenvalue weighted by atomic mass is 79.9. The lowest BCUT2D eigenvalue weighted by molar-refractivity contribution is 0.102. The van der Waals surface area contributed by atoms with E-state index in [0.29, 0.717) is 11.5 Å². The molecule has 0 saturated carbocycles. The smallest absolute Gasteiger partial charge is 0.256 e. The van der Waals surface area contributed by atoms with Gasteiger partial charge in [-0.05, 0) is 58.6 Å². The first-order valence-corrected chi connectivity index (χ1v) is 10.7. The maximum atomic E-state index is 12.4. The molecule has 3 aromatic rings. The Hall–Kier alpha value is -1.37. The first-order valence-electron chi connectivity index (χ1n) is 8.12. The topological polar surface area (TPSA) is 42.0 Å². The van der Waals surface area contributed by atoms with Crippen LogP contribution in [0.3, 0.4) is 0 Å². The average Bonchev–Trinajstić information content (AvgIpc) is 2.96. The van der Waals surface area contributed by atoms with Gasteiger partial charge in [-0.25, -0.2) is 4.98 Å². The molecule has 130 valence electrons. The number of thiazole rings is 1. The molecule has 0 aliphatic rings. The number of carbonyl (C=O) groups excluding carboxylic acids is 1. The second-order valence-corrected chi connectivity index (χ2v) is 9.35. The summed E-state index contributed by atoms with van der Waals surface area (Å²) in [5, 5.41) is 2.96. The molecular weight excluding hydrogens is 416 g/mol. The molecule has 1 amide bonds. The molecule has 0 aliphatic heterocycles. The standard InChI is InChI=1S/C19H19BrN2OS2/c1-12(2)9-10-24-19-22-16-8-7-13(11-17(16)25-19)21-18(23)14-5-3-4-6-15(14)20/h3-8,11-12H,9-10H2,1-2H3,(H,21,23). The summed E-state index contributed by atoms with van der Waals surface area (Å²) in [6, 6.07) is 13.3. The molecule has 0 bridgehead atoms. The summed E-state index contributed by atoms with van der Waals surface area (Å²) in [5.41, 5.74) is 2.39. The molecule has 25 heavy (non-hydrogen) atoms. The SMILES string of the molecule is CC(C)CCSc1nc2ccc(NC(=O)c3ccccc3Br)cc2s1. The van der Waals surface area contributed by atoms with Crippen LogP contribution in [0.15, 0.2) is 51.3 Å². The molecule has 1 aromatic heterocycles. The van der Waals surface area contributed by atoms with Gasteiger partial charge < -0.3 is 5.32 Å². The first kappa shape index (κ1) is 18.4. The number of fused-ring (bicyclic) bond motifs is 1. The molecule has 0 spiro atoms. The van der Waals surface area contributed by atoms with Crippen molar-refractivity contribution >= 4 is 60.8 Å². The van der Waals surface area contributed by atoms with Crippen molar-refractivity contribution in [3.05, 3.63) is 52.5 Å². The molecule has 0 atom stereocenters. The van der Waals surface area contributed by atoms with Crippen LogP contribution in [0.1, 0.15) is 30.6 Å². The van der Waals surface area contributed by atoms with Gasteiger partial charge in [0.15, 0.2) is 4.34 Å². The van der Waals surface area contributed by atoms with E-state index in [9.17, 15) is 4.79 Å². The van der Waals surface area contributed by atoms with E-state index < -0.39 is 0 Å². The largest absolute Gasteiger partial charge is 0.322 e. The van der Waals surface area contributed by atoms with Gasteiger partial charge in [0.1, 0.15) is 0 Å². The van der Waals surface area contributed by atoms with Crippen molar-refractivity contribution in [3.8, 4) is 0 Å². The number of nitrogens with one attached hydrogen (secondary N) is 1. The summed E-state index contributed by atoms with van der Waals surface area (Å²) in [6.07, 6.45) is 1.19. The van der Waals surface area contributed by atoms with E-state index in [1.807, 2.05) is 36.4 Å². The Labute approximate surface area is 164 Å². The van der Waals surface area contributed by atoms with Crippen molar-refractivity contribution in [1.29, 1.82) is 0 Å². The van der Waals surface area contributed by atoms with Crippen LogP contribution in [0, 0.1) is 5.92 Å². The molecule has 0 radical (unpaired) electrons. The van der Waals surface area contributed by atoms with Crippen LogP contribution >= 0.6 is 39.0 Å². The van der Waals surface area contributed by atoms with Crippen LogP contribution in [-0.4, -0.2) is 16.6 Å². The molecule has 0 saturated heterocycles. The fourth-order valence-electron chi connectivity index (χ4n) is 2.27. The third-order valence-corrected chi connectivity index (χ3v) is 6.55. The minimum absolute atomic E-state index is 0.122. The monoisotopic (exact) mass is 434 g/mol. The van der Waals surface area contributed by atoms with Crippen molar-refractivity contribution < 1.29 is 4.79 Å². The zero-order valence-electron chi connectivity index (χ0n) is 14.1. The van der Waals surface area contributed by atoms with Crippen LogP contribution in [0.25, 0.3) is 10.2 Å². The number of nitrogens with zero attached hydrogens (tertiary/aromatic N) is 1. The summed E-state index contributed by atoms with van der Waals surface area (Å²) in [4.78, 5) is 17.1. The Morgan fingerprint density at radius 2 is 2.08 bits per heavy atom. The fraction of sp³-hybridized carbons (Fsp3) is 0.263. The summed E-state index contributed by atoms with van der Waals surface area (Å²) in [5.74, 6) is 1.67. The molecule has 3 rings (SSSR count). The fourth-order valence-corrected chi connectivity index (χ4v) is 5.15. The molecule has 2 aromatic carbocycles. The van der Waals surface area contributed by atoms with E-state index in [4.69, 9.17) is 0 Å². The Morgan fingerprint density at radius 3 is 2.84 bits per heavy atom. The maximum absolute atomic E-state index is 12.4. The van der Waals surface area contributed by atoms with Gasteiger partial charge >= 0.3 is 0 Å². The number of halogens is 1. The lowest BCUT2D eigenvalue weighted by Gasteiger charge is -2.06. The molecule has 6 heteroatoms. The highest BCUT2D eigenvalue weighted by molar-refractivity contribution is 9.10. The Kier molecular flexibility index (Phi) is 6.15. The number of hydrogen-bond donors (Lipinski definition) is 1. The molecular formula is C19H19BrN2OS2.